The molecule has 1 aromatic rings. The molecule has 0 fully saturated rings. The van der Waals surface area contributed by atoms with Crippen LogP contribution in [0.15, 0.2) is 12.1 Å². The molecule has 0 saturated heterocycles. The highest BCUT2D eigenvalue weighted by Gasteiger charge is 2.26. The molecule has 0 aliphatic carbocycles. The van der Waals surface area contributed by atoms with Gasteiger partial charge in [0.15, 0.2) is 0 Å². The van der Waals surface area contributed by atoms with Gasteiger partial charge in [0.25, 0.3) is 0 Å². The number of amides is 1. The Bertz CT molecular complexity index is 689. The second-order valence-electron chi connectivity index (χ2n) is 6.39. The van der Waals surface area contributed by atoms with Crippen LogP contribution in [-0.2, 0) is 4.74 Å². The maximum Gasteiger partial charge on any atom is 0.410 e. The Morgan fingerprint density at radius 2 is 2.17 bits per heavy atom. The first-order valence-electron chi connectivity index (χ1n) is 7.36. The fourth-order valence-electron chi connectivity index (χ4n) is 2.27. The van der Waals surface area contributed by atoms with E-state index in [9.17, 15) is 14.9 Å². The second kappa shape index (κ2) is 6.64. The van der Waals surface area contributed by atoms with Gasteiger partial charge >= 0.3 is 11.8 Å². The predicted octanol–water partition coefficient (Wildman–Crippen LogP) is 3.25. The van der Waals surface area contributed by atoms with Crippen LogP contribution < -0.4 is 5.73 Å². The molecule has 0 bridgehead atoms. The molecule has 2 rings (SSSR count). The molecule has 130 valence electrons. The standard InChI is InChI=1S/C15H19ClN4O4/c1-15(2,3)24-14(21)19-6-4-9(5-7-19)11-8-10(16)12(20(22)23)13(17)18-11/h4,8H,5-7H2,1-3H3,(H2,17,18). The fraction of sp³-hybridized carbons (Fsp3) is 0.467. The monoisotopic (exact) mass is 354 g/mol. The van der Waals surface area contributed by atoms with Crippen molar-refractivity contribution in [2.45, 2.75) is 32.8 Å². The molecule has 0 saturated carbocycles. The molecular weight excluding hydrogens is 336 g/mol. The molecule has 0 radical (unpaired) electrons. The van der Waals surface area contributed by atoms with Gasteiger partial charge in [-0.25, -0.2) is 9.78 Å². The number of hydrogen-bond donors (Lipinski definition) is 1. The van der Waals surface area contributed by atoms with E-state index in [1.165, 1.54) is 6.07 Å². The number of pyridine rings is 1. The van der Waals surface area contributed by atoms with E-state index >= 15 is 0 Å². The zero-order valence-corrected chi connectivity index (χ0v) is 14.5. The Morgan fingerprint density at radius 1 is 1.50 bits per heavy atom. The van der Waals surface area contributed by atoms with Crippen molar-refractivity contribution in [2.75, 3.05) is 18.8 Å². The summed E-state index contributed by atoms with van der Waals surface area (Å²) in [6.45, 7) is 6.24. The number of hydrogen-bond acceptors (Lipinski definition) is 6. The topological polar surface area (TPSA) is 112 Å². The maximum absolute atomic E-state index is 12.0. The molecular formula is C15H19ClN4O4. The first-order valence-corrected chi connectivity index (χ1v) is 7.74. The van der Waals surface area contributed by atoms with Gasteiger partial charge in [0, 0.05) is 13.1 Å². The third kappa shape index (κ3) is 4.14. The Balaban J connectivity index is 2.16. The Hall–Kier alpha value is -2.35. The Kier molecular flexibility index (Phi) is 4.98. The number of carbonyl (C=O) groups is 1. The first kappa shape index (κ1) is 18.0. The Morgan fingerprint density at radius 3 is 2.62 bits per heavy atom. The maximum atomic E-state index is 12.0. The number of nitro groups is 1. The van der Waals surface area contributed by atoms with Gasteiger partial charge in [-0.15, -0.1) is 0 Å². The van der Waals surface area contributed by atoms with Crippen molar-refractivity contribution in [3.8, 4) is 0 Å². The van der Waals surface area contributed by atoms with E-state index in [4.69, 9.17) is 22.1 Å². The normalized spacial score (nSPS) is 15.0. The number of ether oxygens (including phenoxy) is 1. The van der Waals surface area contributed by atoms with Gasteiger partial charge in [-0.1, -0.05) is 17.7 Å². The van der Waals surface area contributed by atoms with Crippen LogP contribution in [0.1, 0.15) is 32.9 Å². The summed E-state index contributed by atoms with van der Waals surface area (Å²) in [6, 6.07) is 1.42. The highest BCUT2D eigenvalue weighted by molar-refractivity contribution is 6.33. The van der Waals surface area contributed by atoms with Gasteiger partial charge < -0.3 is 15.4 Å². The molecule has 2 N–H and O–H groups in total. The van der Waals surface area contributed by atoms with Gasteiger partial charge in [0.2, 0.25) is 5.82 Å². The summed E-state index contributed by atoms with van der Waals surface area (Å²) < 4.78 is 5.32. The summed E-state index contributed by atoms with van der Waals surface area (Å²) in [7, 11) is 0. The van der Waals surface area contributed by atoms with E-state index in [0.29, 0.717) is 25.2 Å². The molecule has 1 aliphatic rings. The van der Waals surface area contributed by atoms with Crippen LogP contribution in [0.3, 0.4) is 0 Å². The lowest BCUT2D eigenvalue weighted by atomic mass is 10.0. The number of nitrogens with zero attached hydrogens (tertiary/aromatic N) is 3. The smallest absolute Gasteiger partial charge is 0.410 e. The number of halogens is 1. The number of rotatable bonds is 2. The number of aromatic nitrogens is 1. The molecule has 1 aliphatic heterocycles. The lowest BCUT2D eigenvalue weighted by Gasteiger charge is -2.29. The molecule has 2 heterocycles. The highest BCUT2D eigenvalue weighted by atomic mass is 35.5. The van der Waals surface area contributed by atoms with E-state index < -0.39 is 16.2 Å². The quantitative estimate of drug-likeness (QED) is 0.644. The molecule has 8 nitrogen and oxygen atoms in total. The van der Waals surface area contributed by atoms with Gasteiger partial charge in [-0.2, -0.15) is 0 Å². The van der Waals surface area contributed by atoms with Gasteiger partial charge in [0.05, 0.1) is 10.6 Å². The lowest BCUT2D eigenvalue weighted by Crippen LogP contribution is -2.39. The van der Waals surface area contributed by atoms with Crippen LogP contribution in [0.4, 0.5) is 16.3 Å². The van der Waals surface area contributed by atoms with E-state index in [0.717, 1.165) is 5.57 Å². The SMILES string of the molecule is CC(C)(C)OC(=O)N1CC=C(c2cc(Cl)c([N+](=O)[O-])c(N)n2)CC1. The van der Waals surface area contributed by atoms with Crippen molar-refractivity contribution in [2.24, 2.45) is 0 Å². The van der Waals surface area contributed by atoms with Crippen molar-refractivity contribution in [1.82, 2.24) is 9.88 Å². The molecule has 9 heteroatoms. The average Bonchev–Trinajstić information content (AvgIpc) is 2.44. The van der Waals surface area contributed by atoms with Crippen LogP contribution in [0.2, 0.25) is 5.02 Å². The fourth-order valence-corrected chi connectivity index (χ4v) is 2.53. The average molecular weight is 355 g/mol. The van der Waals surface area contributed by atoms with Gasteiger partial charge in [-0.05, 0) is 38.8 Å². The van der Waals surface area contributed by atoms with Crippen LogP contribution in [0.25, 0.3) is 5.57 Å². The van der Waals surface area contributed by atoms with E-state index in [2.05, 4.69) is 4.98 Å². The number of nitrogen functional groups attached to an aromatic ring is 1. The summed E-state index contributed by atoms with van der Waals surface area (Å²) in [5.41, 5.74) is 5.99. The second-order valence-corrected chi connectivity index (χ2v) is 6.79. The zero-order valence-electron chi connectivity index (χ0n) is 13.7. The molecule has 0 aromatic carbocycles. The van der Waals surface area contributed by atoms with Crippen molar-refractivity contribution >= 4 is 34.8 Å². The Labute approximate surface area is 144 Å². The third-order valence-corrected chi connectivity index (χ3v) is 3.63. The largest absolute Gasteiger partial charge is 0.444 e. The summed E-state index contributed by atoms with van der Waals surface area (Å²) in [5.74, 6) is -0.224. The minimum Gasteiger partial charge on any atom is -0.444 e. The van der Waals surface area contributed by atoms with E-state index in [-0.39, 0.29) is 16.9 Å². The van der Waals surface area contributed by atoms with Crippen LogP contribution in [0, 0.1) is 10.1 Å². The first-order chi connectivity index (χ1) is 11.1. The molecule has 0 spiro atoms. The number of anilines is 1. The zero-order chi connectivity index (χ0) is 18.1. The van der Waals surface area contributed by atoms with Crippen molar-refractivity contribution in [1.29, 1.82) is 0 Å². The minimum absolute atomic E-state index is 0.0574. The number of carbonyl (C=O) groups excluding carboxylic acids is 1. The third-order valence-electron chi connectivity index (χ3n) is 3.35. The number of nitrogens with two attached hydrogens (primary N) is 1. The molecule has 0 unspecified atom stereocenters. The summed E-state index contributed by atoms with van der Waals surface area (Å²) in [5, 5.41) is 10.8. The highest BCUT2D eigenvalue weighted by Crippen LogP contribution is 2.33. The summed E-state index contributed by atoms with van der Waals surface area (Å²) in [4.78, 5) is 27.9. The molecule has 24 heavy (non-hydrogen) atoms. The van der Waals surface area contributed by atoms with Gasteiger partial charge in [0.1, 0.15) is 10.6 Å². The summed E-state index contributed by atoms with van der Waals surface area (Å²) >= 11 is 5.93. The van der Waals surface area contributed by atoms with Crippen LogP contribution in [0.5, 0.6) is 0 Å². The van der Waals surface area contributed by atoms with Gasteiger partial charge in [-0.3, -0.25) is 10.1 Å². The van der Waals surface area contributed by atoms with Crippen molar-refractivity contribution in [3.05, 3.63) is 33.0 Å². The van der Waals surface area contributed by atoms with Crippen molar-refractivity contribution < 1.29 is 14.5 Å². The molecule has 0 atom stereocenters. The molecule has 1 aromatic heterocycles. The van der Waals surface area contributed by atoms with Crippen LogP contribution in [-0.4, -0.2) is 39.6 Å². The van der Waals surface area contributed by atoms with Crippen LogP contribution >= 0.6 is 11.6 Å². The molecule has 1 amide bonds. The van der Waals surface area contributed by atoms with E-state index in [1.54, 1.807) is 4.90 Å². The lowest BCUT2D eigenvalue weighted by molar-refractivity contribution is -0.384. The van der Waals surface area contributed by atoms with E-state index in [1.807, 2.05) is 26.8 Å². The minimum atomic E-state index is -0.659. The summed E-state index contributed by atoms with van der Waals surface area (Å²) in [6.07, 6.45) is 1.96. The van der Waals surface area contributed by atoms with Crippen molar-refractivity contribution in [3.63, 3.8) is 0 Å². The predicted molar refractivity (Wildman–Crippen MR) is 90.7 cm³/mol.